The number of hydrogen-bond donors (Lipinski definition) is 3. The Morgan fingerprint density at radius 1 is 1.01 bits per heavy atom. The van der Waals surface area contributed by atoms with E-state index >= 15 is 0 Å². The van der Waals surface area contributed by atoms with Crippen molar-refractivity contribution in [1.29, 1.82) is 0 Å². The molecule has 3 aromatic carbocycles. The third-order valence-electron chi connectivity index (χ3n) is 14.6. The molecule has 3 saturated heterocycles. The van der Waals surface area contributed by atoms with E-state index < -0.39 is 29.5 Å². The summed E-state index contributed by atoms with van der Waals surface area (Å²) in [5.74, 6) is -1.14. The van der Waals surface area contributed by atoms with Gasteiger partial charge in [-0.2, -0.15) is 0 Å². The summed E-state index contributed by atoms with van der Waals surface area (Å²) in [5, 5.41) is 17.2. The average Bonchev–Trinajstić information content (AvgIpc) is 3.86. The summed E-state index contributed by atoms with van der Waals surface area (Å²) in [7, 11) is 1.72. The number of methoxy groups -OCH3 is 1. The molecule has 0 aliphatic carbocycles. The molecule has 5 heterocycles. The van der Waals surface area contributed by atoms with Gasteiger partial charge in [0, 0.05) is 73.6 Å². The molecule has 4 atom stereocenters. The van der Waals surface area contributed by atoms with Gasteiger partial charge in [0.25, 0.3) is 5.91 Å². The van der Waals surface area contributed by atoms with Crippen molar-refractivity contribution in [2.24, 2.45) is 16.7 Å². The zero-order chi connectivity index (χ0) is 47.6. The summed E-state index contributed by atoms with van der Waals surface area (Å²) in [5.41, 5.74) is 10.6. The Labute approximate surface area is 395 Å². The third-order valence-corrected chi connectivity index (χ3v) is 14.6. The minimum absolute atomic E-state index is 0.0536. The number of fused-ring (bicyclic) bond motifs is 6. The van der Waals surface area contributed by atoms with Crippen molar-refractivity contribution >= 4 is 34.6 Å². The lowest BCUT2D eigenvalue weighted by Crippen LogP contribution is -2.62. The molecular formula is C54H70N6O7. The second kappa shape index (κ2) is 20.0. The number of phenolic OH excluding ortho intramolecular Hbond substituents is 1. The molecule has 4 aromatic rings. The normalized spacial score (nSPS) is 23.0. The molecule has 8 rings (SSSR count). The average molecular weight is 915 g/mol. The highest BCUT2D eigenvalue weighted by atomic mass is 16.5. The van der Waals surface area contributed by atoms with Gasteiger partial charge in [-0.1, -0.05) is 70.7 Å². The van der Waals surface area contributed by atoms with Crippen molar-refractivity contribution in [2.45, 2.75) is 111 Å². The van der Waals surface area contributed by atoms with Crippen molar-refractivity contribution in [3.63, 3.8) is 0 Å². The predicted octanol–water partition coefficient (Wildman–Crippen LogP) is 7.06. The maximum absolute atomic E-state index is 14.8. The fourth-order valence-corrected chi connectivity index (χ4v) is 11.4. The number of benzene rings is 3. The number of aromatic nitrogens is 1. The summed E-state index contributed by atoms with van der Waals surface area (Å²) in [6.45, 7) is 18.7. The van der Waals surface area contributed by atoms with E-state index in [0.29, 0.717) is 57.6 Å². The zero-order valence-corrected chi connectivity index (χ0v) is 40.4. The fraction of sp³-hybridized carbons (Fsp3) is 0.519. The van der Waals surface area contributed by atoms with Crippen LogP contribution in [0, 0.1) is 16.7 Å². The number of nitrogens with zero attached hydrogens (tertiary/aromatic N) is 4. The van der Waals surface area contributed by atoms with Gasteiger partial charge in [-0.15, -0.1) is 0 Å². The molecule has 0 saturated carbocycles. The van der Waals surface area contributed by atoms with E-state index in [1.807, 2.05) is 24.8 Å². The minimum atomic E-state index is -1.03. The van der Waals surface area contributed by atoms with Gasteiger partial charge in [0.2, 0.25) is 11.8 Å². The SMILES string of the molecule is C=CC(=O)N1CC[C@@]2(CCCN([C@H](C(=O)N[C@H]3Cc4cc(O)cc(c4)-c4ccc5c(c4)c(c(-c4ccccc4CCOC)n5CC)CC(C)(C)COC(=O)[C@@H]4CCCN(N4)C3=O)C(C)C)C2)C1. The van der Waals surface area contributed by atoms with Crippen LogP contribution in [0.25, 0.3) is 33.3 Å². The first kappa shape index (κ1) is 48.0. The van der Waals surface area contributed by atoms with E-state index in [4.69, 9.17) is 9.47 Å². The number of likely N-dealkylation sites (tertiary alicyclic amines) is 2. The zero-order valence-electron chi connectivity index (χ0n) is 40.4. The highest BCUT2D eigenvalue weighted by Crippen LogP contribution is 2.43. The molecule has 358 valence electrons. The lowest BCUT2D eigenvalue weighted by molar-refractivity contribution is -0.155. The largest absolute Gasteiger partial charge is 0.508 e. The van der Waals surface area contributed by atoms with Crippen LogP contribution in [0.2, 0.25) is 0 Å². The van der Waals surface area contributed by atoms with Gasteiger partial charge in [-0.25, -0.2) is 5.43 Å². The molecule has 6 bridgehead atoms. The molecule has 1 aromatic heterocycles. The monoisotopic (exact) mass is 915 g/mol. The maximum Gasteiger partial charge on any atom is 0.324 e. The van der Waals surface area contributed by atoms with E-state index in [1.165, 1.54) is 16.6 Å². The Balaban J connectivity index is 1.19. The molecule has 3 N–H and O–H groups in total. The first-order valence-corrected chi connectivity index (χ1v) is 24.4. The van der Waals surface area contributed by atoms with Gasteiger partial charge in [-0.3, -0.25) is 29.1 Å². The number of hydrogen-bond acceptors (Lipinski definition) is 9. The first-order chi connectivity index (χ1) is 32.1. The standard InChI is InChI=1S/C54H70N6O7/c1-8-47(62)57-24-21-54(32-57)20-13-22-58(33-54)48(35(3)4)50(63)55-45-28-36-26-39(29-40(61)27-36)38-17-18-46-42(30-38)43(49(59(46)9-2)41-15-11-10-14-37(41)19-25-66-7)31-53(5,6)34-67-52(65)44-16-12-23-60(56-44)51(45)64/h8,10-11,14-15,17-18,26-27,29-30,35,44-45,48,56,61H,1,9,12-13,16,19-25,28,31-34H2,2-7H3,(H,55,63)/t44-,45-,48-,54-/m0/s1. The molecule has 4 aliphatic rings. The van der Waals surface area contributed by atoms with Gasteiger partial charge in [-0.05, 0) is 122 Å². The van der Waals surface area contributed by atoms with Crippen molar-refractivity contribution in [3.05, 3.63) is 90.0 Å². The number of amides is 3. The van der Waals surface area contributed by atoms with Crippen LogP contribution in [0.1, 0.15) is 83.4 Å². The second-order valence-electron chi connectivity index (χ2n) is 20.6. The summed E-state index contributed by atoms with van der Waals surface area (Å²) >= 11 is 0. The number of hydrazine groups is 1. The van der Waals surface area contributed by atoms with Crippen LogP contribution >= 0.6 is 0 Å². The number of piperidine rings is 1. The Hall–Kier alpha value is -5.50. The Kier molecular flexibility index (Phi) is 14.3. The second-order valence-corrected chi connectivity index (χ2v) is 20.6. The van der Waals surface area contributed by atoms with Crippen LogP contribution < -0.4 is 10.7 Å². The number of carbonyl (C=O) groups is 4. The summed E-state index contributed by atoms with van der Waals surface area (Å²) < 4.78 is 14.1. The third kappa shape index (κ3) is 10.2. The molecule has 13 nitrogen and oxygen atoms in total. The lowest BCUT2D eigenvalue weighted by atomic mass is 9.78. The van der Waals surface area contributed by atoms with Crippen molar-refractivity contribution < 1.29 is 33.8 Å². The van der Waals surface area contributed by atoms with Crippen LogP contribution in [-0.2, 0) is 54.5 Å². The molecule has 0 unspecified atom stereocenters. The topological polar surface area (TPSA) is 146 Å². The van der Waals surface area contributed by atoms with Crippen LogP contribution in [0.5, 0.6) is 5.75 Å². The van der Waals surface area contributed by atoms with Crippen LogP contribution in [-0.4, -0.2) is 119 Å². The minimum Gasteiger partial charge on any atom is -0.508 e. The number of phenols is 1. The van der Waals surface area contributed by atoms with Crippen LogP contribution in [0.3, 0.4) is 0 Å². The van der Waals surface area contributed by atoms with E-state index in [1.54, 1.807) is 19.2 Å². The van der Waals surface area contributed by atoms with E-state index in [2.05, 4.69) is 90.0 Å². The van der Waals surface area contributed by atoms with Gasteiger partial charge in [0.05, 0.1) is 24.9 Å². The van der Waals surface area contributed by atoms with Gasteiger partial charge < -0.3 is 29.4 Å². The summed E-state index contributed by atoms with van der Waals surface area (Å²) in [6.07, 6.45) is 6.63. The number of carbonyl (C=O) groups excluding carboxylic acids is 4. The highest BCUT2D eigenvalue weighted by Gasteiger charge is 2.46. The molecule has 3 amide bonds. The quantitative estimate of drug-likeness (QED) is 0.113. The number of esters is 1. The predicted molar refractivity (Wildman–Crippen MR) is 261 cm³/mol. The molecule has 0 radical (unpaired) electrons. The summed E-state index contributed by atoms with van der Waals surface area (Å²) in [4.78, 5) is 60.4. The smallest absolute Gasteiger partial charge is 0.324 e. The van der Waals surface area contributed by atoms with Crippen LogP contribution in [0.15, 0.2) is 73.3 Å². The molecule has 67 heavy (non-hydrogen) atoms. The van der Waals surface area contributed by atoms with Gasteiger partial charge >= 0.3 is 5.97 Å². The Morgan fingerprint density at radius 2 is 1.82 bits per heavy atom. The van der Waals surface area contributed by atoms with Gasteiger partial charge in [0.1, 0.15) is 17.8 Å². The summed E-state index contributed by atoms with van der Waals surface area (Å²) in [6, 6.07) is 18.0. The number of cyclic esters (lactones) is 1. The Bertz CT molecular complexity index is 2510. The molecule has 3 fully saturated rings. The van der Waals surface area contributed by atoms with Crippen molar-refractivity contribution in [3.8, 4) is 28.1 Å². The number of aromatic hydroxyl groups is 1. The van der Waals surface area contributed by atoms with Gasteiger partial charge in [0.15, 0.2) is 0 Å². The number of nitrogens with one attached hydrogen (secondary N) is 2. The van der Waals surface area contributed by atoms with E-state index in [9.17, 15) is 24.3 Å². The number of aryl methyl sites for hydroxylation is 1. The molecule has 4 aliphatic heterocycles. The highest BCUT2D eigenvalue weighted by molar-refractivity contribution is 5.96. The number of rotatable bonds is 10. The Morgan fingerprint density at radius 3 is 2.58 bits per heavy atom. The molecular weight excluding hydrogens is 845 g/mol. The molecule has 1 spiro atoms. The van der Waals surface area contributed by atoms with E-state index in [-0.39, 0.29) is 47.8 Å². The maximum atomic E-state index is 14.8. The van der Waals surface area contributed by atoms with E-state index in [0.717, 1.165) is 77.6 Å². The first-order valence-electron chi connectivity index (χ1n) is 24.4. The van der Waals surface area contributed by atoms with Crippen molar-refractivity contribution in [2.75, 3.05) is 53.0 Å². The van der Waals surface area contributed by atoms with Crippen molar-refractivity contribution in [1.82, 2.24) is 30.1 Å². The number of ether oxygens (including phenoxy) is 2. The van der Waals surface area contributed by atoms with Crippen LogP contribution in [0.4, 0.5) is 0 Å². The lowest BCUT2D eigenvalue weighted by Gasteiger charge is -2.44. The fourth-order valence-electron chi connectivity index (χ4n) is 11.4. The molecule has 13 heteroatoms.